The van der Waals surface area contributed by atoms with E-state index in [9.17, 15) is 0 Å². The van der Waals surface area contributed by atoms with Gasteiger partial charge in [0.15, 0.2) is 0 Å². The molecule has 0 radical (unpaired) electrons. The molecule has 3 heterocycles. The molecule has 0 saturated carbocycles. The number of aromatic nitrogens is 4. The van der Waals surface area contributed by atoms with E-state index in [0.717, 1.165) is 68.6 Å². The molecule has 58 heavy (non-hydrogen) atoms. The van der Waals surface area contributed by atoms with Gasteiger partial charge in [0.1, 0.15) is 5.75 Å². The molecule has 0 spiro atoms. The number of unbranched alkanes of at least 4 members (excludes halogenated alkanes) is 2. The zero-order valence-electron chi connectivity index (χ0n) is 34.5. The molecule has 9 rings (SSSR count). The second-order valence-electron chi connectivity index (χ2n) is 16.1. The van der Waals surface area contributed by atoms with Gasteiger partial charge >= 0.3 is 0 Å². The van der Waals surface area contributed by atoms with Gasteiger partial charge in [-0.3, -0.25) is 0 Å². The van der Waals surface area contributed by atoms with E-state index in [1.54, 1.807) is 0 Å². The Kier molecular flexibility index (Phi) is 11.7. The lowest BCUT2D eigenvalue weighted by Crippen LogP contribution is -2.01. The minimum Gasteiger partial charge on any atom is -0.494 e. The summed E-state index contributed by atoms with van der Waals surface area (Å²) in [5.41, 5.74) is 8.24. The SMILES string of the molecule is CC(C)CC(C)CCCCCOc1cccc(-c2nnc(-c3cc(-n4c5ccccc5c5ccccc54)cc(-n4c5ccccc5c5ccccc54)c3)o2)c1.CCC. The monoisotopic (exact) mass is 766 g/mol. The lowest BCUT2D eigenvalue weighted by Gasteiger charge is -2.14. The van der Waals surface area contributed by atoms with Crippen molar-refractivity contribution in [2.75, 3.05) is 6.61 Å². The van der Waals surface area contributed by atoms with E-state index in [-0.39, 0.29) is 0 Å². The second kappa shape index (κ2) is 17.6. The Bertz CT molecular complexity index is 2550. The third-order valence-electron chi connectivity index (χ3n) is 10.8. The van der Waals surface area contributed by atoms with Crippen molar-refractivity contribution < 1.29 is 9.15 Å². The fraction of sp³-hybridized carbons (Fsp3) is 0.269. The fourth-order valence-corrected chi connectivity index (χ4v) is 8.44. The second-order valence-corrected chi connectivity index (χ2v) is 16.1. The smallest absolute Gasteiger partial charge is 0.248 e. The summed E-state index contributed by atoms with van der Waals surface area (Å²) in [6.45, 7) is 11.9. The van der Waals surface area contributed by atoms with Gasteiger partial charge in [-0.2, -0.15) is 0 Å². The molecule has 6 nitrogen and oxygen atoms in total. The summed E-state index contributed by atoms with van der Waals surface area (Å²) in [6.07, 6.45) is 7.31. The molecule has 0 saturated heterocycles. The van der Waals surface area contributed by atoms with Gasteiger partial charge < -0.3 is 18.3 Å². The van der Waals surface area contributed by atoms with Gasteiger partial charge in [0, 0.05) is 44.0 Å². The van der Waals surface area contributed by atoms with Gasteiger partial charge in [0.2, 0.25) is 11.8 Å². The summed E-state index contributed by atoms with van der Waals surface area (Å²) in [7, 11) is 0. The van der Waals surface area contributed by atoms with Gasteiger partial charge in [-0.25, -0.2) is 0 Å². The Morgan fingerprint density at radius 3 is 1.52 bits per heavy atom. The minimum atomic E-state index is 0.456. The topological polar surface area (TPSA) is 58.0 Å². The molecule has 6 heteroatoms. The van der Waals surface area contributed by atoms with E-state index in [1.165, 1.54) is 53.6 Å². The number of ether oxygens (including phenoxy) is 1. The molecule has 0 fully saturated rings. The third kappa shape index (κ3) is 8.02. The van der Waals surface area contributed by atoms with Crippen LogP contribution in [0.2, 0.25) is 0 Å². The van der Waals surface area contributed by atoms with Gasteiger partial charge in [0.05, 0.1) is 28.7 Å². The van der Waals surface area contributed by atoms with Crippen molar-refractivity contribution in [3.05, 3.63) is 140 Å². The van der Waals surface area contributed by atoms with Gasteiger partial charge in [-0.15, -0.1) is 10.2 Å². The highest BCUT2D eigenvalue weighted by Crippen LogP contribution is 2.38. The van der Waals surface area contributed by atoms with Crippen molar-refractivity contribution in [1.29, 1.82) is 0 Å². The molecular formula is C52H54N4O2. The van der Waals surface area contributed by atoms with Gasteiger partial charge in [-0.1, -0.05) is 139 Å². The van der Waals surface area contributed by atoms with Gasteiger partial charge in [-0.05, 0) is 85.3 Å². The van der Waals surface area contributed by atoms with Crippen LogP contribution >= 0.6 is 0 Å². The van der Waals surface area contributed by atoms with E-state index in [0.29, 0.717) is 18.4 Å². The first-order chi connectivity index (χ1) is 28.4. The van der Waals surface area contributed by atoms with Crippen LogP contribution in [0, 0.1) is 11.8 Å². The van der Waals surface area contributed by atoms with Crippen LogP contribution in [0.5, 0.6) is 5.75 Å². The Morgan fingerprint density at radius 2 is 1.02 bits per heavy atom. The zero-order chi connectivity index (χ0) is 40.0. The van der Waals surface area contributed by atoms with Crippen molar-refractivity contribution in [2.24, 2.45) is 11.8 Å². The average Bonchev–Trinajstić information content (AvgIpc) is 3.96. The van der Waals surface area contributed by atoms with Crippen LogP contribution in [0.25, 0.3) is 77.9 Å². The molecule has 3 aromatic heterocycles. The molecule has 1 unspecified atom stereocenters. The van der Waals surface area contributed by atoms with Crippen LogP contribution in [0.4, 0.5) is 0 Å². The predicted molar refractivity (Wildman–Crippen MR) is 242 cm³/mol. The largest absolute Gasteiger partial charge is 0.494 e. The van der Waals surface area contributed by atoms with Crippen molar-refractivity contribution in [3.63, 3.8) is 0 Å². The van der Waals surface area contributed by atoms with E-state index in [4.69, 9.17) is 9.15 Å². The number of hydrogen-bond acceptors (Lipinski definition) is 4. The molecule has 1 atom stereocenters. The van der Waals surface area contributed by atoms with Crippen LogP contribution < -0.4 is 4.74 Å². The van der Waals surface area contributed by atoms with Crippen molar-refractivity contribution in [1.82, 2.24) is 19.3 Å². The average molecular weight is 767 g/mol. The van der Waals surface area contributed by atoms with Crippen LogP contribution in [0.1, 0.15) is 73.1 Å². The molecule has 0 aliphatic rings. The summed E-state index contributed by atoms with van der Waals surface area (Å²) in [5.74, 6) is 3.28. The number of para-hydroxylation sites is 4. The van der Waals surface area contributed by atoms with Crippen molar-refractivity contribution in [3.8, 4) is 40.0 Å². The Balaban J connectivity index is 0.00000152. The number of hydrogen-bond donors (Lipinski definition) is 0. The molecule has 0 bridgehead atoms. The molecule has 0 amide bonds. The predicted octanol–water partition coefficient (Wildman–Crippen LogP) is 14.6. The molecule has 0 aliphatic carbocycles. The summed E-state index contributed by atoms with van der Waals surface area (Å²) in [5, 5.41) is 14.0. The summed E-state index contributed by atoms with van der Waals surface area (Å²) in [4.78, 5) is 0. The van der Waals surface area contributed by atoms with Crippen LogP contribution in [0.15, 0.2) is 144 Å². The maximum Gasteiger partial charge on any atom is 0.248 e. The third-order valence-corrected chi connectivity index (χ3v) is 10.8. The van der Waals surface area contributed by atoms with Crippen molar-refractivity contribution >= 4 is 43.6 Å². The maximum absolute atomic E-state index is 6.52. The van der Waals surface area contributed by atoms with Crippen molar-refractivity contribution in [2.45, 2.75) is 73.1 Å². The van der Waals surface area contributed by atoms with Crippen LogP contribution in [0.3, 0.4) is 0 Å². The normalized spacial score (nSPS) is 12.1. The molecule has 0 aliphatic heterocycles. The van der Waals surface area contributed by atoms with E-state index < -0.39 is 0 Å². The van der Waals surface area contributed by atoms with Crippen LogP contribution in [-0.2, 0) is 0 Å². The zero-order valence-corrected chi connectivity index (χ0v) is 34.5. The van der Waals surface area contributed by atoms with E-state index >= 15 is 0 Å². The summed E-state index contributed by atoms with van der Waals surface area (Å²) in [6, 6.07) is 49.0. The lowest BCUT2D eigenvalue weighted by atomic mass is 9.94. The minimum absolute atomic E-state index is 0.456. The van der Waals surface area contributed by atoms with E-state index in [1.807, 2.05) is 24.3 Å². The summed E-state index contributed by atoms with van der Waals surface area (Å²) >= 11 is 0. The Morgan fingerprint density at radius 1 is 0.534 bits per heavy atom. The highest BCUT2D eigenvalue weighted by Gasteiger charge is 2.19. The van der Waals surface area contributed by atoms with Gasteiger partial charge in [0.25, 0.3) is 0 Å². The molecule has 0 N–H and O–H groups in total. The number of fused-ring (bicyclic) bond motifs is 6. The molecular weight excluding hydrogens is 713 g/mol. The fourth-order valence-electron chi connectivity index (χ4n) is 8.44. The standard InChI is InChI=1S/C49H46N4O2.C3H8/c1-33(2)28-34(3)16-5-4-14-27-54-39-18-15-17-35(31-39)48-50-51-49(55-48)36-29-37(52-44-23-10-6-19-40(44)41-20-7-11-24-45(41)52)32-38(30-36)53-46-25-12-8-21-42(46)43-22-9-13-26-47(43)53;1-3-2/h6-13,15,17-26,29-34H,4-5,14,16,27-28H2,1-3H3;3H2,1-2H3. The molecule has 6 aromatic carbocycles. The summed E-state index contributed by atoms with van der Waals surface area (Å²) < 4.78 is 17.4. The van der Waals surface area contributed by atoms with E-state index in [2.05, 4.69) is 169 Å². The first-order valence-corrected chi connectivity index (χ1v) is 21.1. The Hall–Kier alpha value is -6.14. The van der Waals surface area contributed by atoms with Crippen LogP contribution in [-0.4, -0.2) is 25.9 Å². The Labute approximate surface area is 342 Å². The number of rotatable bonds is 13. The first-order valence-electron chi connectivity index (χ1n) is 21.1. The number of nitrogens with zero attached hydrogens (tertiary/aromatic N) is 4. The molecule has 294 valence electrons. The highest BCUT2D eigenvalue weighted by molar-refractivity contribution is 6.10. The lowest BCUT2D eigenvalue weighted by molar-refractivity contribution is 0.300. The molecule has 9 aromatic rings. The maximum atomic E-state index is 6.52. The number of benzene rings is 6. The first kappa shape index (κ1) is 38.7. The highest BCUT2D eigenvalue weighted by atomic mass is 16.5. The quantitative estimate of drug-likeness (QED) is 0.110.